The second kappa shape index (κ2) is 10.5. The normalized spacial score (nSPS) is 16.9. The van der Waals surface area contributed by atoms with Crippen molar-refractivity contribution in [2.45, 2.75) is 77.6 Å². The Labute approximate surface area is 187 Å². The zero-order valence-electron chi connectivity index (χ0n) is 18.8. The van der Waals surface area contributed by atoms with E-state index in [1.165, 1.54) is 11.1 Å². The predicted molar refractivity (Wildman–Crippen MR) is 123 cm³/mol. The number of carboxylic acid groups (broad SMARTS) is 1. The summed E-state index contributed by atoms with van der Waals surface area (Å²) in [6, 6.07) is 4.51. The van der Waals surface area contributed by atoms with E-state index in [1.54, 1.807) is 6.92 Å². The zero-order valence-corrected chi connectivity index (χ0v) is 20.5. The fraction of sp³-hybridized carbons (Fsp3) is 0.560. The van der Waals surface area contributed by atoms with Crippen molar-refractivity contribution in [2.75, 3.05) is 13.2 Å². The zero-order chi connectivity index (χ0) is 22.4. The number of hydrogen-bond donors (Lipinski definition) is 2. The minimum absolute atomic E-state index is 0.109. The number of hydrogen-bond acceptors (Lipinski definition) is 3. The van der Waals surface area contributed by atoms with Crippen molar-refractivity contribution in [3.8, 4) is 16.5 Å². The Kier molecular flexibility index (Phi) is 8.61. The maximum atomic E-state index is 10.8. The number of benzene rings is 1. The van der Waals surface area contributed by atoms with E-state index in [9.17, 15) is 4.79 Å². The van der Waals surface area contributed by atoms with Crippen LogP contribution < -0.4 is 9.20 Å². The Bertz CT molecular complexity index is 856. The molecule has 0 heterocycles. The van der Waals surface area contributed by atoms with E-state index in [-0.39, 0.29) is 32.4 Å². The summed E-state index contributed by atoms with van der Waals surface area (Å²) in [4.78, 5) is 14.0. The molecule has 0 amide bonds. The third-order valence-corrected chi connectivity index (χ3v) is 7.29. The standard InChI is InChI=1S/C25H34O4Se/c1-18(15-23(27)28)9-14-30-22-17-20-19(24(2,3)10-11-25(20,4)5)16-21(22)29-13-8-6-7-12-26/h15-17,26H,6-8,10-13H2,1-5H3,(H,27,28)/b18-15+. The average Bonchev–Trinajstić information content (AvgIpc) is 2.65. The minimum atomic E-state index is -0.973. The van der Waals surface area contributed by atoms with Crippen LogP contribution >= 0.6 is 0 Å². The van der Waals surface area contributed by atoms with Crippen LogP contribution in [-0.4, -0.2) is 44.4 Å². The topological polar surface area (TPSA) is 66.8 Å². The van der Waals surface area contributed by atoms with E-state index >= 15 is 0 Å². The van der Waals surface area contributed by atoms with Crippen molar-refractivity contribution in [3.63, 3.8) is 0 Å². The molecular weight excluding hydrogens is 443 g/mol. The molecule has 0 radical (unpaired) electrons. The maximum absolute atomic E-state index is 10.8. The first-order valence-electron chi connectivity index (χ1n) is 10.6. The number of carboxylic acids is 1. The van der Waals surface area contributed by atoms with Gasteiger partial charge < -0.3 is 0 Å². The van der Waals surface area contributed by atoms with E-state index in [4.69, 9.17) is 14.9 Å². The second-order valence-electron chi connectivity index (χ2n) is 9.24. The number of ether oxygens (including phenoxy) is 1. The van der Waals surface area contributed by atoms with E-state index in [2.05, 4.69) is 50.6 Å². The predicted octanol–water partition coefficient (Wildman–Crippen LogP) is 3.90. The first-order chi connectivity index (χ1) is 14.1. The van der Waals surface area contributed by atoms with Crippen molar-refractivity contribution in [3.05, 3.63) is 34.9 Å². The fourth-order valence-electron chi connectivity index (χ4n) is 3.72. The molecule has 0 unspecified atom stereocenters. The van der Waals surface area contributed by atoms with Crippen molar-refractivity contribution < 1.29 is 19.7 Å². The number of carbonyl (C=O) groups is 1. The molecule has 164 valence electrons. The number of rotatable bonds is 8. The van der Waals surface area contributed by atoms with Gasteiger partial charge in [0.2, 0.25) is 0 Å². The molecule has 0 aromatic heterocycles. The van der Waals surface area contributed by atoms with E-state index in [0.717, 1.165) is 48.4 Å². The second-order valence-corrected chi connectivity index (χ2v) is 11.0. The molecule has 1 aliphatic rings. The average molecular weight is 478 g/mol. The molecule has 4 nitrogen and oxygen atoms in total. The summed E-state index contributed by atoms with van der Waals surface area (Å²) in [5.41, 5.74) is 3.51. The third-order valence-electron chi connectivity index (χ3n) is 5.73. The van der Waals surface area contributed by atoms with Gasteiger partial charge in [0.1, 0.15) is 0 Å². The SMILES string of the molecule is C/C(C#C[Se]c1cc2c(cc1OCCCCCO)C(C)(C)CCC2(C)C)=C\C(=O)O. The van der Waals surface area contributed by atoms with Crippen molar-refractivity contribution in [1.29, 1.82) is 0 Å². The number of fused-ring (bicyclic) bond motifs is 1. The van der Waals surface area contributed by atoms with Crippen LogP contribution in [0.5, 0.6) is 5.75 Å². The molecule has 0 bridgehead atoms. The van der Waals surface area contributed by atoms with Gasteiger partial charge in [-0.25, -0.2) is 0 Å². The van der Waals surface area contributed by atoms with Crippen molar-refractivity contribution >= 4 is 25.4 Å². The molecule has 0 fully saturated rings. The number of allylic oxidation sites excluding steroid dienone is 1. The summed E-state index contributed by atoms with van der Waals surface area (Å²) >= 11 is -0.138. The molecule has 0 atom stereocenters. The quantitative estimate of drug-likeness (QED) is 0.258. The molecule has 0 saturated carbocycles. The molecule has 1 aromatic carbocycles. The summed E-state index contributed by atoms with van der Waals surface area (Å²) in [6.07, 6.45) is 6.08. The van der Waals surface area contributed by atoms with E-state index in [1.807, 2.05) is 0 Å². The number of aliphatic carboxylic acids is 1. The Hall–Kier alpha value is -1.73. The summed E-state index contributed by atoms with van der Waals surface area (Å²) in [7, 11) is 0. The summed E-state index contributed by atoms with van der Waals surface area (Å²) in [5.74, 6) is 2.89. The van der Waals surface area contributed by atoms with Gasteiger partial charge >= 0.3 is 187 Å². The molecule has 0 spiro atoms. The Balaban J connectivity index is 2.37. The van der Waals surface area contributed by atoms with Gasteiger partial charge in [-0.3, -0.25) is 0 Å². The first kappa shape index (κ1) is 24.5. The van der Waals surface area contributed by atoms with Gasteiger partial charge in [0.15, 0.2) is 0 Å². The van der Waals surface area contributed by atoms with Gasteiger partial charge in [-0.1, -0.05) is 0 Å². The van der Waals surface area contributed by atoms with Crippen LogP contribution in [0.2, 0.25) is 0 Å². The Morgan fingerprint density at radius 2 is 1.77 bits per heavy atom. The molecule has 0 saturated heterocycles. The van der Waals surface area contributed by atoms with Crippen LogP contribution in [0.25, 0.3) is 0 Å². The van der Waals surface area contributed by atoms with E-state index in [0.29, 0.717) is 12.2 Å². The third kappa shape index (κ3) is 6.64. The number of unbranched alkanes of at least 4 members (excludes halogenated alkanes) is 2. The van der Waals surface area contributed by atoms with Gasteiger partial charge in [-0.05, 0) is 0 Å². The molecule has 1 aromatic rings. The molecule has 2 N–H and O–H groups in total. The number of aliphatic hydroxyl groups excluding tert-OH is 1. The van der Waals surface area contributed by atoms with E-state index < -0.39 is 5.97 Å². The van der Waals surface area contributed by atoms with Gasteiger partial charge in [-0.15, -0.1) is 0 Å². The molecular formula is C25H34O4Se. The summed E-state index contributed by atoms with van der Waals surface area (Å²) in [6.45, 7) is 11.8. The summed E-state index contributed by atoms with van der Waals surface area (Å²) < 4.78 is 7.31. The van der Waals surface area contributed by atoms with Gasteiger partial charge in [-0.2, -0.15) is 0 Å². The van der Waals surface area contributed by atoms with Gasteiger partial charge in [0.25, 0.3) is 0 Å². The molecule has 30 heavy (non-hydrogen) atoms. The fourth-order valence-corrected chi connectivity index (χ4v) is 5.23. The molecule has 2 rings (SSSR count). The van der Waals surface area contributed by atoms with Crippen LogP contribution in [0.3, 0.4) is 0 Å². The molecule has 5 heteroatoms. The molecule has 1 aliphatic carbocycles. The van der Waals surface area contributed by atoms with Gasteiger partial charge in [0, 0.05) is 0 Å². The van der Waals surface area contributed by atoms with Crippen molar-refractivity contribution in [2.24, 2.45) is 0 Å². The van der Waals surface area contributed by atoms with Crippen LogP contribution in [0.1, 0.15) is 77.8 Å². The van der Waals surface area contributed by atoms with Crippen LogP contribution in [-0.2, 0) is 15.6 Å². The van der Waals surface area contributed by atoms with Crippen molar-refractivity contribution in [1.82, 2.24) is 0 Å². The van der Waals surface area contributed by atoms with Crippen LogP contribution in [0, 0.1) is 10.7 Å². The Morgan fingerprint density at radius 3 is 2.37 bits per heavy atom. The monoisotopic (exact) mass is 478 g/mol. The van der Waals surface area contributed by atoms with Crippen LogP contribution in [0.4, 0.5) is 0 Å². The van der Waals surface area contributed by atoms with Crippen LogP contribution in [0.15, 0.2) is 23.8 Å². The Morgan fingerprint density at radius 1 is 1.13 bits per heavy atom. The van der Waals surface area contributed by atoms with Gasteiger partial charge in [0.05, 0.1) is 0 Å². The summed E-state index contributed by atoms with van der Waals surface area (Å²) in [5, 5.41) is 17.8. The number of aliphatic hydroxyl groups is 1. The molecule has 0 aliphatic heterocycles. The first-order valence-corrected chi connectivity index (χ1v) is 12.3.